The smallest absolute Gasteiger partial charge is 0.121 e. The molecule has 3 nitrogen and oxygen atoms in total. The molecule has 0 spiro atoms. The first-order valence-corrected chi connectivity index (χ1v) is 7.02. The van der Waals surface area contributed by atoms with Gasteiger partial charge in [0.25, 0.3) is 0 Å². The molecule has 0 aliphatic rings. The summed E-state index contributed by atoms with van der Waals surface area (Å²) in [5.41, 5.74) is 4.96. The van der Waals surface area contributed by atoms with Crippen molar-refractivity contribution in [3.63, 3.8) is 0 Å². The number of hydrogen-bond acceptors (Lipinski definition) is 3. The minimum Gasteiger partial charge on any atom is -0.507 e. The van der Waals surface area contributed by atoms with Crippen LogP contribution in [0.1, 0.15) is 16.7 Å². The van der Waals surface area contributed by atoms with Crippen LogP contribution in [0, 0.1) is 13.8 Å². The van der Waals surface area contributed by atoms with Crippen molar-refractivity contribution >= 4 is 16.6 Å². The standard InChI is InChI=1S/C18H18N2O/c1-12-9-14(10-13(2)18(12)21)11-20-16-7-3-5-15-6-4-8-19-17(15)16/h3-10,20-21H,11H2,1-2H3. The number of hydrogen-bond donors (Lipinski definition) is 2. The predicted molar refractivity (Wildman–Crippen MR) is 86.7 cm³/mol. The number of aromatic hydroxyl groups is 1. The van der Waals surface area contributed by atoms with Crippen LogP contribution in [-0.2, 0) is 6.54 Å². The van der Waals surface area contributed by atoms with Gasteiger partial charge in [-0.2, -0.15) is 0 Å². The number of phenols is 1. The van der Waals surface area contributed by atoms with Gasteiger partial charge in [0.05, 0.1) is 11.2 Å². The van der Waals surface area contributed by atoms with Gasteiger partial charge in [0.2, 0.25) is 0 Å². The first-order valence-electron chi connectivity index (χ1n) is 7.02. The molecule has 0 aliphatic carbocycles. The Balaban J connectivity index is 1.87. The number of para-hydroxylation sites is 1. The van der Waals surface area contributed by atoms with Crippen LogP contribution in [0.2, 0.25) is 0 Å². The van der Waals surface area contributed by atoms with Crippen LogP contribution in [0.25, 0.3) is 10.9 Å². The Labute approximate surface area is 124 Å². The molecule has 2 N–H and O–H groups in total. The van der Waals surface area contributed by atoms with E-state index in [0.29, 0.717) is 12.3 Å². The lowest BCUT2D eigenvalue weighted by Gasteiger charge is -2.11. The number of nitrogens with one attached hydrogen (secondary N) is 1. The normalized spacial score (nSPS) is 10.8. The molecule has 3 rings (SSSR count). The summed E-state index contributed by atoms with van der Waals surface area (Å²) in [5, 5.41) is 14.4. The van der Waals surface area contributed by atoms with Crippen molar-refractivity contribution in [2.75, 3.05) is 5.32 Å². The lowest BCUT2D eigenvalue weighted by molar-refractivity contribution is 0.466. The highest BCUT2D eigenvalue weighted by atomic mass is 16.3. The Kier molecular flexibility index (Phi) is 3.48. The SMILES string of the molecule is Cc1cc(CNc2cccc3cccnc23)cc(C)c1O. The van der Waals surface area contributed by atoms with Crippen molar-refractivity contribution in [2.45, 2.75) is 20.4 Å². The average molecular weight is 278 g/mol. The molecule has 0 unspecified atom stereocenters. The van der Waals surface area contributed by atoms with E-state index in [1.54, 1.807) is 0 Å². The first kappa shape index (κ1) is 13.4. The number of pyridine rings is 1. The third kappa shape index (κ3) is 2.68. The average Bonchev–Trinajstić information content (AvgIpc) is 2.50. The lowest BCUT2D eigenvalue weighted by atomic mass is 10.1. The van der Waals surface area contributed by atoms with Crippen LogP contribution in [0.3, 0.4) is 0 Å². The quantitative estimate of drug-likeness (QED) is 0.755. The molecule has 3 heteroatoms. The zero-order valence-corrected chi connectivity index (χ0v) is 12.2. The molecule has 0 saturated carbocycles. The third-order valence-electron chi connectivity index (χ3n) is 3.67. The third-order valence-corrected chi connectivity index (χ3v) is 3.67. The summed E-state index contributed by atoms with van der Waals surface area (Å²) in [4.78, 5) is 4.44. The summed E-state index contributed by atoms with van der Waals surface area (Å²) in [6, 6.07) is 14.1. The molecule has 0 radical (unpaired) electrons. The molecule has 0 saturated heterocycles. The fourth-order valence-corrected chi connectivity index (χ4v) is 2.59. The number of anilines is 1. The van der Waals surface area contributed by atoms with Gasteiger partial charge in [-0.3, -0.25) is 4.98 Å². The van der Waals surface area contributed by atoms with E-state index in [-0.39, 0.29) is 0 Å². The zero-order chi connectivity index (χ0) is 14.8. The van der Waals surface area contributed by atoms with Crippen molar-refractivity contribution in [2.24, 2.45) is 0 Å². The molecule has 0 fully saturated rings. The first-order chi connectivity index (χ1) is 10.1. The number of nitrogens with zero attached hydrogens (tertiary/aromatic N) is 1. The monoisotopic (exact) mass is 278 g/mol. The maximum absolute atomic E-state index is 9.83. The van der Waals surface area contributed by atoms with Gasteiger partial charge >= 0.3 is 0 Å². The number of phenolic OH excluding ortho intramolecular Hbond substituents is 1. The topological polar surface area (TPSA) is 45.2 Å². The van der Waals surface area contributed by atoms with E-state index in [4.69, 9.17) is 0 Å². The summed E-state index contributed by atoms with van der Waals surface area (Å²) >= 11 is 0. The minimum absolute atomic E-state index is 0.380. The van der Waals surface area contributed by atoms with Gasteiger partial charge in [0, 0.05) is 18.1 Å². The Hall–Kier alpha value is -2.55. The van der Waals surface area contributed by atoms with Gasteiger partial charge in [-0.15, -0.1) is 0 Å². The van der Waals surface area contributed by atoms with E-state index in [2.05, 4.69) is 22.4 Å². The van der Waals surface area contributed by atoms with Gasteiger partial charge < -0.3 is 10.4 Å². The van der Waals surface area contributed by atoms with Crippen LogP contribution in [0.15, 0.2) is 48.7 Å². The van der Waals surface area contributed by atoms with Gasteiger partial charge in [0.1, 0.15) is 5.75 Å². The number of aryl methyl sites for hydroxylation is 2. The largest absolute Gasteiger partial charge is 0.507 e. The van der Waals surface area contributed by atoms with Crippen molar-refractivity contribution in [3.8, 4) is 5.75 Å². The summed E-state index contributed by atoms with van der Waals surface area (Å²) in [6.07, 6.45) is 1.81. The van der Waals surface area contributed by atoms with E-state index in [9.17, 15) is 5.11 Å². The molecule has 1 aromatic heterocycles. The van der Waals surface area contributed by atoms with Crippen LogP contribution < -0.4 is 5.32 Å². The van der Waals surface area contributed by atoms with Crippen molar-refractivity contribution < 1.29 is 5.11 Å². The van der Waals surface area contributed by atoms with Crippen LogP contribution in [-0.4, -0.2) is 10.1 Å². The fourth-order valence-electron chi connectivity index (χ4n) is 2.59. The predicted octanol–water partition coefficient (Wildman–Crippen LogP) is 4.17. The summed E-state index contributed by atoms with van der Waals surface area (Å²) in [5.74, 6) is 0.380. The Morgan fingerprint density at radius 2 is 1.76 bits per heavy atom. The second kappa shape index (κ2) is 5.44. The van der Waals surface area contributed by atoms with E-state index in [1.807, 2.05) is 50.4 Å². The molecule has 21 heavy (non-hydrogen) atoms. The number of benzene rings is 2. The number of aromatic nitrogens is 1. The van der Waals surface area contributed by atoms with Crippen molar-refractivity contribution in [3.05, 3.63) is 65.4 Å². The Morgan fingerprint density at radius 1 is 1.05 bits per heavy atom. The second-order valence-corrected chi connectivity index (χ2v) is 5.31. The molecule has 0 atom stereocenters. The van der Waals surface area contributed by atoms with Crippen LogP contribution >= 0.6 is 0 Å². The molecule has 0 aliphatic heterocycles. The van der Waals surface area contributed by atoms with E-state index >= 15 is 0 Å². The summed E-state index contributed by atoms with van der Waals surface area (Å²) in [7, 11) is 0. The molecular formula is C18H18N2O. The van der Waals surface area contributed by atoms with E-state index in [0.717, 1.165) is 33.3 Å². The highest BCUT2D eigenvalue weighted by Gasteiger charge is 2.05. The molecular weight excluding hydrogens is 260 g/mol. The van der Waals surface area contributed by atoms with Crippen molar-refractivity contribution in [1.29, 1.82) is 0 Å². The maximum atomic E-state index is 9.83. The fraction of sp³-hybridized carbons (Fsp3) is 0.167. The molecule has 2 aromatic carbocycles. The van der Waals surface area contributed by atoms with Crippen LogP contribution in [0.4, 0.5) is 5.69 Å². The summed E-state index contributed by atoms with van der Waals surface area (Å²) in [6.45, 7) is 4.55. The van der Waals surface area contributed by atoms with E-state index < -0.39 is 0 Å². The second-order valence-electron chi connectivity index (χ2n) is 5.31. The number of fused-ring (bicyclic) bond motifs is 1. The Bertz CT molecular complexity index is 768. The molecule has 0 bridgehead atoms. The lowest BCUT2D eigenvalue weighted by Crippen LogP contribution is -2.01. The molecule has 0 amide bonds. The van der Waals surface area contributed by atoms with Gasteiger partial charge in [0.15, 0.2) is 0 Å². The van der Waals surface area contributed by atoms with E-state index in [1.165, 1.54) is 0 Å². The highest BCUT2D eigenvalue weighted by molar-refractivity contribution is 5.90. The zero-order valence-electron chi connectivity index (χ0n) is 12.2. The summed E-state index contributed by atoms with van der Waals surface area (Å²) < 4.78 is 0. The molecule has 106 valence electrons. The Morgan fingerprint density at radius 3 is 2.52 bits per heavy atom. The maximum Gasteiger partial charge on any atom is 0.121 e. The minimum atomic E-state index is 0.380. The van der Waals surface area contributed by atoms with Gasteiger partial charge in [-0.1, -0.05) is 30.3 Å². The molecule has 1 heterocycles. The van der Waals surface area contributed by atoms with Crippen LogP contribution in [0.5, 0.6) is 5.75 Å². The van der Waals surface area contributed by atoms with Gasteiger partial charge in [-0.25, -0.2) is 0 Å². The molecule has 3 aromatic rings. The van der Waals surface area contributed by atoms with Gasteiger partial charge in [-0.05, 0) is 42.7 Å². The number of rotatable bonds is 3. The highest BCUT2D eigenvalue weighted by Crippen LogP contribution is 2.25. The van der Waals surface area contributed by atoms with Crippen molar-refractivity contribution in [1.82, 2.24) is 4.98 Å².